The van der Waals surface area contributed by atoms with Gasteiger partial charge in [-0.25, -0.2) is 22.9 Å². The van der Waals surface area contributed by atoms with E-state index in [-0.39, 0.29) is 23.7 Å². The van der Waals surface area contributed by atoms with Gasteiger partial charge >= 0.3 is 5.97 Å². The molecule has 0 unspecified atom stereocenters. The summed E-state index contributed by atoms with van der Waals surface area (Å²) in [5, 5.41) is 3.33. The minimum absolute atomic E-state index is 0.0726. The third-order valence-corrected chi connectivity index (χ3v) is 6.91. The Labute approximate surface area is 225 Å². The van der Waals surface area contributed by atoms with Gasteiger partial charge in [0, 0.05) is 12.4 Å². The minimum atomic E-state index is -2.37. The molecule has 0 bridgehead atoms. The fourth-order valence-electron chi connectivity index (χ4n) is 4.50. The summed E-state index contributed by atoms with van der Waals surface area (Å²) in [7, 11) is 3.01. The molecule has 6 nitrogen and oxygen atoms in total. The number of carbonyl (C=O) groups is 1. The van der Waals surface area contributed by atoms with E-state index >= 15 is 0 Å². The molecule has 3 aromatic carbocycles. The summed E-state index contributed by atoms with van der Waals surface area (Å²) >= 11 is 0. The molecule has 1 aliphatic rings. The number of ether oxygens (including phenoxy) is 3. The van der Waals surface area contributed by atoms with Gasteiger partial charge in [-0.3, -0.25) is 0 Å². The van der Waals surface area contributed by atoms with E-state index in [1.807, 2.05) is 12.1 Å². The maximum absolute atomic E-state index is 14.3. The Morgan fingerprint density at radius 3 is 2.17 bits per heavy atom. The second-order valence-corrected chi connectivity index (χ2v) is 9.25. The summed E-state index contributed by atoms with van der Waals surface area (Å²) < 4.78 is 85.6. The van der Waals surface area contributed by atoms with Gasteiger partial charge in [-0.1, -0.05) is 30.7 Å². The third kappa shape index (κ3) is 4.87. The number of pyridine rings is 1. The molecular weight excluding hydrogens is 535 g/mol. The van der Waals surface area contributed by atoms with Crippen molar-refractivity contribution in [3.63, 3.8) is 0 Å². The Morgan fingerprint density at radius 1 is 0.950 bits per heavy atom. The van der Waals surface area contributed by atoms with Crippen molar-refractivity contribution in [2.45, 2.75) is 31.8 Å². The number of nitrogens with one attached hydrogen (secondary N) is 1. The normalized spacial score (nSPS) is 13.2. The molecule has 1 fully saturated rings. The molecule has 0 aliphatic heterocycles. The van der Waals surface area contributed by atoms with Gasteiger partial charge in [-0.2, -0.15) is 8.78 Å². The lowest BCUT2D eigenvalue weighted by Crippen LogP contribution is -2.18. The Hall–Kier alpha value is -4.41. The van der Waals surface area contributed by atoms with Crippen molar-refractivity contribution >= 4 is 22.6 Å². The van der Waals surface area contributed by atoms with E-state index in [0.29, 0.717) is 28.1 Å². The predicted molar refractivity (Wildman–Crippen MR) is 136 cm³/mol. The second-order valence-electron chi connectivity index (χ2n) is 9.25. The van der Waals surface area contributed by atoms with E-state index < -0.39 is 40.8 Å². The van der Waals surface area contributed by atoms with E-state index in [0.717, 1.165) is 24.8 Å². The largest absolute Gasteiger partial charge is 0.497 e. The highest BCUT2D eigenvalue weighted by molar-refractivity contribution is 6.07. The van der Waals surface area contributed by atoms with Gasteiger partial charge < -0.3 is 19.5 Å². The number of benzene rings is 3. The zero-order valence-electron chi connectivity index (χ0n) is 21.4. The standard InChI is InChI=1S/C29H23F5N2O4/c1-35-26-18-11-8-16(15-4-3-5-15)12-19(18)36-28(39-13-14-6-9-17(38-2)10-7-14)20(26)29(37)40-27-24(33)22(31)21(30)23(32)25(27)34/h6-12,15H,3-5,13H2,1-2H3,(H,35,36). The molecule has 5 rings (SSSR count). The van der Waals surface area contributed by atoms with Crippen LogP contribution < -0.4 is 19.5 Å². The van der Waals surface area contributed by atoms with Gasteiger partial charge in [0.2, 0.25) is 40.7 Å². The van der Waals surface area contributed by atoms with Gasteiger partial charge in [0.25, 0.3) is 0 Å². The van der Waals surface area contributed by atoms with Gasteiger partial charge in [0.15, 0.2) is 0 Å². The van der Waals surface area contributed by atoms with Crippen molar-refractivity contribution in [2.24, 2.45) is 0 Å². The average molecular weight is 559 g/mol. The number of hydrogen-bond donors (Lipinski definition) is 1. The van der Waals surface area contributed by atoms with Crippen LogP contribution in [0.5, 0.6) is 17.4 Å². The van der Waals surface area contributed by atoms with Crippen LogP contribution >= 0.6 is 0 Å². The highest BCUT2D eigenvalue weighted by Gasteiger charge is 2.32. The Balaban J connectivity index is 1.60. The number of halogens is 5. The summed E-state index contributed by atoms with van der Waals surface area (Å²) in [6.45, 7) is -0.0726. The Morgan fingerprint density at radius 2 is 1.60 bits per heavy atom. The van der Waals surface area contributed by atoms with Crippen molar-refractivity contribution in [2.75, 3.05) is 19.5 Å². The maximum Gasteiger partial charge on any atom is 0.351 e. The first-order valence-corrected chi connectivity index (χ1v) is 12.4. The predicted octanol–water partition coefficient (Wildman–Crippen LogP) is 7.05. The zero-order chi connectivity index (χ0) is 28.6. The molecule has 4 aromatic rings. The molecule has 1 aliphatic carbocycles. The zero-order valence-corrected chi connectivity index (χ0v) is 21.4. The number of esters is 1. The minimum Gasteiger partial charge on any atom is -0.497 e. The molecule has 0 atom stereocenters. The number of rotatable bonds is 8. The highest BCUT2D eigenvalue weighted by atomic mass is 19.2. The molecule has 0 radical (unpaired) electrons. The lowest BCUT2D eigenvalue weighted by atomic mass is 9.80. The van der Waals surface area contributed by atoms with Gasteiger partial charge in [0.05, 0.1) is 18.3 Å². The summed E-state index contributed by atoms with van der Waals surface area (Å²) in [6.07, 6.45) is 3.20. The summed E-state index contributed by atoms with van der Waals surface area (Å²) in [6, 6.07) is 12.4. The fourth-order valence-corrected chi connectivity index (χ4v) is 4.50. The average Bonchev–Trinajstić information content (AvgIpc) is 2.94. The first kappa shape index (κ1) is 27.2. The Kier molecular flexibility index (Phi) is 7.46. The lowest BCUT2D eigenvalue weighted by Gasteiger charge is -2.26. The highest BCUT2D eigenvalue weighted by Crippen LogP contribution is 2.40. The van der Waals surface area contributed by atoms with E-state index in [1.165, 1.54) is 14.2 Å². The summed E-state index contributed by atoms with van der Waals surface area (Å²) in [4.78, 5) is 17.8. The molecule has 208 valence electrons. The van der Waals surface area contributed by atoms with Crippen molar-refractivity contribution in [1.82, 2.24) is 4.98 Å². The molecule has 0 spiro atoms. The SMILES string of the molecule is CNc1c(C(=O)Oc2c(F)c(F)c(F)c(F)c2F)c(OCc2ccc(OC)cc2)nc2cc(C3CCC3)ccc12. The molecule has 11 heteroatoms. The number of carbonyl (C=O) groups excluding carboxylic acids is 1. The van der Waals surface area contributed by atoms with E-state index in [4.69, 9.17) is 14.2 Å². The van der Waals surface area contributed by atoms with Gasteiger partial charge in [-0.05, 0) is 48.1 Å². The van der Waals surface area contributed by atoms with Gasteiger partial charge in [0.1, 0.15) is 17.9 Å². The van der Waals surface area contributed by atoms with Gasteiger partial charge in [-0.15, -0.1) is 0 Å². The van der Waals surface area contributed by atoms with Crippen LogP contribution in [0.25, 0.3) is 10.9 Å². The third-order valence-electron chi connectivity index (χ3n) is 6.91. The first-order chi connectivity index (χ1) is 19.2. The van der Waals surface area contributed by atoms with Crippen molar-refractivity contribution in [1.29, 1.82) is 0 Å². The van der Waals surface area contributed by atoms with Crippen LogP contribution in [0.3, 0.4) is 0 Å². The topological polar surface area (TPSA) is 69.7 Å². The van der Waals surface area contributed by atoms with E-state index in [9.17, 15) is 26.7 Å². The van der Waals surface area contributed by atoms with Crippen LogP contribution in [0.1, 0.15) is 46.7 Å². The quantitative estimate of drug-likeness (QED) is 0.0822. The van der Waals surface area contributed by atoms with Crippen molar-refractivity contribution in [3.8, 4) is 17.4 Å². The molecule has 0 amide bonds. The smallest absolute Gasteiger partial charge is 0.351 e. The van der Waals surface area contributed by atoms with Crippen molar-refractivity contribution in [3.05, 3.63) is 88.2 Å². The van der Waals surface area contributed by atoms with Crippen LogP contribution in [0.15, 0.2) is 42.5 Å². The van der Waals surface area contributed by atoms with Crippen LogP contribution in [0, 0.1) is 29.1 Å². The Bertz CT molecular complexity index is 1580. The first-order valence-electron chi connectivity index (χ1n) is 12.4. The molecule has 40 heavy (non-hydrogen) atoms. The molecular formula is C29H23F5N2O4. The molecule has 1 saturated carbocycles. The molecule has 0 saturated heterocycles. The summed E-state index contributed by atoms with van der Waals surface area (Å²) in [5.74, 6) is -13.9. The number of aromatic nitrogens is 1. The van der Waals surface area contributed by atoms with Crippen LogP contribution in [-0.2, 0) is 6.61 Å². The van der Waals surface area contributed by atoms with Crippen LogP contribution in [0.2, 0.25) is 0 Å². The number of nitrogens with zero attached hydrogens (tertiary/aromatic N) is 1. The number of anilines is 1. The van der Waals surface area contributed by atoms with Crippen molar-refractivity contribution < 1.29 is 41.0 Å². The van der Waals surface area contributed by atoms with E-state index in [1.54, 1.807) is 30.3 Å². The fraction of sp³-hybridized carbons (Fsp3) is 0.241. The van der Waals surface area contributed by atoms with E-state index in [2.05, 4.69) is 10.3 Å². The number of hydrogen-bond acceptors (Lipinski definition) is 6. The molecule has 1 heterocycles. The van der Waals surface area contributed by atoms with Crippen LogP contribution in [0.4, 0.5) is 27.6 Å². The lowest BCUT2D eigenvalue weighted by molar-refractivity contribution is 0.0711. The molecule has 1 N–H and O–H groups in total. The monoisotopic (exact) mass is 558 g/mol. The second kappa shape index (κ2) is 11.0. The number of methoxy groups -OCH3 is 1. The molecule has 1 aromatic heterocycles. The van der Waals surface area contributed by atoms with Crippen LogP contribution in [-0.4, -0.2) is 25.1 Å². The number of fused-ring (bicyclic) bond motifs is 1. The maximum atomic E-state index is 14.3. The summed E-state index contributed by atoms with van der Waals surface area (Å²) in [5.41, 5.74) is 1.97.